The molecule has 0 amide bonds. The van der Waals surface area contributed by atoms with Crippen molar-refractivity contribution in [2.75, 3.05) is 37.7 Å². The lowest BCUT2D eigenvalue weighted by atomic mass is 9.95. The highest BCUT2D eigenvalue weighted by molar-refractivity contribution is 5.75. The van der Waals surface area contributed by atoms with Crippen molar-refractivity contribution in [2.24, 2.45) is 5.92 Å². The molecule has 5 heteroatoms. The van der Waals surface area contributed by atoms with E-state index in [4.69, 9.17) is 4.74 Å². The molecule has 0 N–H and O–H groups in total. The third-order valence-corrected chi connectivity index (χ3v) is 5.12. The van der Waals surface area contributed by atoms with Gasteiger partial charge in [0.15, 0.2) is 0 Å². The number of aromatic nitrogens is 1. The second kappa shape index (κ2) is 10.4. The first-order valence-electron chi connectivity index (χ1n) is 9.72. The molecule has 25 heavy (non-hydrogen) atoms. The number of carbonyl (C=O) groups is 1. The van der Waals surface area contributed by atoms with E-state index in [9.17, 15) is 4.79 Å². The molecule has 0 bridgehead atoms. The van der Waals surface area contributed by atoms with Crippen LogP contribution in [0.15, 0.2) is 24.4 Å². The molecular weight excluding hydrogens is 314 g/mol. The number of nitrogens with zero attached hydrogens (tertiary/aromatic N) is 3. The van der Waals surface area contributed by atoms with E-state index in [1.54, 1.807) is 0 Å². The molecule has 0 saturated carbocycles. The van der Waals surface area contributed by atoms with E-state index in [0.29, 0.717) is 12.5 Å². The number of esters is 1. The van der Waals surface area contributed by atoms with Gasteiger partial charge < -0.3 is 9.64 Å². The smallest absolute Gasteiger partial charge is 0.323 e. The van der Waals surface area contributed by atoms with Crippen molar-refractivity contribution in [2.45, 2.75) is 52.5 Å². The maximum absolute atomic E-state index is 12.2. The maximum atomic E-state index is 12.2. The van der Waals surface area contributed by atoms with Crippen LogP contribution in [0.3, 0.4) is 0 Å². The topological polar surface area (TPSA) is 45.7 Å². The molecule has 1 aromatic rings. The van der Waals surface area contributed by atoms with Gasteiger partial charge in [0.25, 0.3) is 0 Å². The third-order valence-electron chi connectivity index (χ3n) is 5.12. The number of carbonyl (C=O) groups excluding carboxylic acids is 1. The highest BCUT2D eigenvalue weighted by Crippen LogP contribution is 2.23. The molecule has 0 radical (unpaired) electrons. The fourth-order valence-electron chi connectivity index (χ4n) is 3.36. The minimum absolute atomic E-state index is 0.0822. The van der Waals surface area contributed by atoms with E-state index < -0.39 is 0 Å². The van der Waals surface area contributed by atoms with Crippen molar-refractivity contribution in [1.29, 1.82) is 0 Å². The van der Waals surface area contributed by atoms with Crippen LogP contribution < -0.4 is 4.90 Å². The quantitative estimate of drug-likeness (QED) is 0.506. The molecule has 1 aliphatic rings. The van der Waals surface area contributed by atoms with Crippen LogP contribution >= 0.6 is 0 Å². The Morgan fingerprint density at radius 3 is 2.72 bits per heavy atom. The Morgan fingerprint density at radius 1 is 1.36 bits per heavy atom. The second-order valence-electron chi connectivity index (χ2n) is 6.90. The van der Waals surface area contributed by atoms with Gasteiger partial charge in [0, 0.05) is 25.8 Å². The van der Waals surface area contributed by atoms with Crippen molar-refractivity contribution >= 4 is 11.8 Å². The van der Waals surface area contributed by atoms with Gasteiger partial charge in [-0.15, -0.1) is 0 Å². The first-order chi connectivity index (χ1) is 12.2. The number of anilines is 1. The highest BCUT2D eigenvalue weighted by atomic mass is 16.5. The largest absolute Gasteiger partial charge is 0.465 e. The van der Waals surface area contributed by atoms with Crippen LogP contribution in [0.5, 0.6) is 0 Å². The lowest BCUT2D eigenvalue weighted by Crippen LogP contribution is -2.45. The van der Waals surface area contributed by atoms with Crippen molar-refractivity contribution in [3.8, 4) is 0 Å². The van der Waals surface area contributed by atoms with Gasteiger partial charge in [-0.05, 0) is 50.8 Å². The summed E-state index contributed by atoms with van der Waals surface area (Å²) in [4.78, 5) is 21.3. The average molecular weight is 348 g/mol. The Bertz CT molecular complexity index is 501. The van der Waals surface area contributed by atoms with E-state index >= 15 is 0 Å². The number of ether oxygens (including phenoxy) is 1. The summed E-state index contributed by atoms with van der Waals surface area (Å²) in [7, 11) is 0. The van der Waals surface area contributed by atoms with Crippen LogP contribution in [0.25, 0.3) is 0 Å². The van der Waals surface area contributed by atoms with E-state index in [2.05, 4.69) is 34.7 Å². The van der Waals surface area contributed by atoms with Gasteiger partial charge in [0.1, 0.15) is 11.9 Å². The fraction of sp³-hybridized carbons (Fsp3) is 0.700. The standard InChI is InChI=1S/C20H33N3O2/c1-4-6-15-25-20(24)17(3)22(5-2)16-18-10-13-23(14-11-18)19-9-7-8-12-21-19/h7-9,12,17-18H,4-6,10-11,13-16H2,1-3H3/t17-/m0/s1. The fourth-order valence-corrected chi connectivity index (χ4v) is 3.36. The van der Waals surface area contributed by atoms with Gasteiger partial charge in [-0.1, -0.05) is 26.3 Å². The van der Waals surface area contributed by atoms with Gasteiger partial charge in [-0.2, -0.15) is 0 Å². The predicted molar refractivity (Wildman–Crippen MR) is 102 cm³/mol. The molecule has 1 atom stereocenters. The highest BCUT2D eigenvalue weighted by Gasteiger charge is 2.26. The number of rotatable bonds is 9. The SMILES string of the molecule is CCCCOC(=O)[C@H](C)N(CC)CC1CCN(c2ccccn2)CC1. The number of hydrogen-bond acceptors (Lipinski definition) is 5. The first-order valence-corrected chi connectivity index (χ1v) is 9.72. The van der Waals surface area contributed by atoms with Crippen molar-refractivity contribution < 1.29 is 9.53 Å². The van der Waals surface area contributed by atoms with Crippen molar-refractivity contribution in [1.82, 2.24) is 9.88 Å². The molecule has 0 spiro atoms. The number of hydrogen-bond donors (Lipinski definition) is 0. The van der Waals surface area contributed by atoms with E-state index in [-0.39, 0.29) is 12.0 Å². The zero-order valence-electron chi connectivity index (χ0n) is 16.0. The number of unbranched alkanes of at least 4 members (excludes halogenated alkanes) is 1. The zero-order valence-corrected chi connectivity index (χ0v) is 16.0. The van der Waals surface area contributed by atoms with Gasteiger partial charge in [-0.3, -0.25) is 9.69 Å². The van der Waals surface area contributed by atoms with E-state index in [0.717, 1.165) is 57.7 Å². The van der Waals surface area contributed by atoms with Gasteiger partial charge in [0.05, 0.1) is 6.61 Å². The summed E-state index contributed by atoms with van der Waals surface area (Å²) in [6.07, 6.45) is 6.13. The minimum Gasteiger partial charge on any atom is -0.465 e. The lowest BCUT2D eigenvalue weighted by Gasteiger charge is -2.36. The molecule has 2 heterocycles. The molecule has 0 unspecified atom stereocenters. The van der Waals surface area contributed by atoms with Gasteiger partial charge in [-0.25, -0.2) is 4.98 Å². The second-order valence-corrected chi connectivity index (χ2v) is 6.90. The number of likely N-dealkylation sites (N-methyl/N-ethyl adjacent to an activating group) is 1. The average Bonchev–Trinajstić information content (AvgIpc) is 2.67. The van der Waals surface area contributed by atoms with E-state index in [1.807, 2.05) is 25.3 Å². The molecule has 1 saturated heterocycles. The van der Waals surface area contributed by atoms with Crippen LogP contribution in [-0.2, 0) is 9.53 Å². The van der Waals surface area contributed by atoms with Crippen LogP contribution in [-0.4, -0.2) is 54.7 Å². The summed E-state index contributed by atoms with van der Waals surface area (Å²) in [6, 6.07) is 5.92. The summed E-state index contributed by atoms with van der Waals surface area (Å²) in [6.45, 7) is 10.7. The molecule has 5 nitrogen and oxygen atoms in total. The molecule has 1 aromatic heterocycles. The third kappa shape index (κ3) is 5.99. The zero-order chi connectivity index (χ0) is 18.1. The van der Waals surface area contributed by atoms with Crippen LogP contribution in [0.1, 0.15) is 46.5 Å². The molecule has 0 aromatic carbocycles. The molecule has 2 rings (SSSR count). The summed E-state index contributed by atoms with van der Waals surface area (Å²) < 4.78 is 5.39. The number of pyridine rings is 1. The summed E-state index contributed by atoms with van der Waals surface area (Å²) in [5.41, 5.74) is 0. The number of piperidine rings is 1. The molecule has 0 aliphatic carbocycles. The minimum atomic E-state index is -0.157. The summed E-state index contributed by atoms with van der Waals surface area (Å²) >= 11 is 0. The molecule has 140 valence electrons. The van der Waals surface area contributed by atoms with Crippen LogP contribution in [0, 0.1) is 5.92 Å². The van der Waals surface area contributed by atoms with Gasteiger partial charge in [0.2, 0.25) is 0 Å². The Balaban J connectivity index is 1.79. The maximum Gasteiger partial charge on any atom is 0.323 e. The van der Waals surface area contributed by atoms with Crippen LogP contribution in [0.2, 0.25) is 0 Å². The predicted octanol–water partition coefficient (Wildman–Crippen LogP) is 3.35. The Morgan fingerprint density at radius 2 is 2.12 bits per heavy atom. The Kier molecular flexibility index (Phi) is 8.19. The Labute approximate surface area is 152 Å². The first kappa shape index (κ1) is 19.7. The lowest BCUT2D eigenvalue weighted by molar-refractivity contribution is -0.149. The monoisotopic (exact) mass is 347 g/mol. The molecule has 1 fully saturated rings. The molecular formula is C20H33N3O2. The van der Waals surface area contributed by atoms with Gasteiger partial charge >= 0.3 is 5.97 Å². The van der Waals surface area contributed by atoms with E-state index in [1.165, 1.54) is 0 Å². The Hall–Kier alpha value is -1.62. The molecule has 1 aliphatic heterocycles. The summed E-state index contributed by atoms with van der Waals surface area (Å²) in [5, 5.41) is 0. The normalized spacial score (nSPS) is 16.9. The van der Waals surface area contributed by atoms with Crippen molar-refractivity contribution in [3.05, 3.63) is 24.4 Å². The summed E-state index contributed by atoms with van der Waals surface area (Å²) in [5.74, 6) is 1.62. The van der Waals surface area contributed by atoms with Crippen molar-refractivity contribution in [3.63, 3.8) is 0 Å². The van der Waals surface area contributed by atoms with Crippen LogP contribution in [0.4, 0.5) is 5.82 Å².